The lowest BCUT2D eigenvalue weighted by Crippen LogP contribution is -2.43. The van der Waals surface area contributed by atoms with E-state index in [2.05, 4.69) is 29.8 Å². The highest BCUT2D eigenvalue weighted by atomic mass is 35.5. The molecule has 4 nitrogen and oxygen atoms in total. The van der Waals surface area contributed by atoms with Gasteiger partial charge in [0.25, 0.3) is 5.91 Å². The van der Waals surface area contributed by atoms with Crippen molar-refractivity contribution in [2.45, 2.75) is 78.8 Å². The number of rotatable bonds is 9. The molecule has 1 amide bonds. The average molecular weight is 422 g/mol. The molecule has 2 fully saturated rings. The van der Waals surface area contributed by atoms with Gasteiger partial charge in [-0.3, -0.25) is 4.79 Å². The molecule has 0 heterocycles. The van der Waals surface area contributed by atoms with Gasteiger partial charge in [-0.25, -0.2) is 0 Å². The van der Waals surface area contributed by atoms with Crippen LogP contribution in [-0.4, -0.2) is 31.6 Å². The summed E-state index contributed by atoms with van der Waals surface area (Å²) in [5.74, 6) is 0.845. The number of carbonyl (C=O) groups excluding carboxylic acids is 1. The van der Waals surface area contributed by atoms with Crippen molar-refractivity contribution in [2.75, 3.05) is 19.6 Å². The third-order valence-electron chi connectivity index (χ3n) is 6.44. The molecule has 2 saturated carbocycles. The SMILES string of the molecule is C.CC(C)NCCNCc1ccc(Cl)c(C(=O)NCC23CCCC(CCC2)C3)c1. The van der Waals surface area contributed by atoms with Crippen LogP contribution in [0.4, 0.5) is 0 Å². The van der Waals surface area contributed by atoms with Gasteiger partial charge in [-0.1, -0.05) is 64.6 Å². The zero-order valence-electron chi connectivity index (χ0n) is 17.5. The van der Waals surface area contributed by atoms with Crippen LogP contribution in [0.15, 0.2) is 18.2 Å². The second-order valence-corrected chi connectivity index (χ2v) is 9.54. The van der Waals surface area contributed by atoms with Crippen molar-refractivity contribution < 1.29 is 4.79 Å². The summed E-state index contributed by atoms with van der Waals surface area (Å²) >= 11 is 6.34. The van der Waals surface area contributed by atoms with Crippen LogP contribution in [0.25, 0.3) is 0 Å². The van der Waals surface area contributed by atoms with Crippen LogP contribution in [0.1, 0.15) is 82.1 Å². The normalized spacial score (nSPS) is 23.5. The van der Waals surface area contributed by atoms with E-state index in [0.717, 1.165) is 37.7 Å². The van der Waals surface area contributed by atoms with Crippen molar-refractivity contribution in [1.29, 1.82) is 0 Å². The van der Waals surface area contributed by atoms with E-state index in [1.54, 1.807) is 0 Å². The van der Waals surface area contributed by atoms with Gasteiger partial charge in [0, 0.05) is 32.2 Å². The second-order valence-electron chi connectivity index (χ2n) is 9.14. The molecule has 0 aliphatic heterocycles. The summed E-state index contributed by atoms with van der Waals surface area (Å²) in [7, 11) is 0. The molecular weight excluding hydrogens is 382 g/mol. The molecule has 3 N–H and O–H groups in total. The summed E-state index contributed by atoms with van der Waals surface area (Å²) < 4.78 is 0. The minimum atomic E-state index is -0.0320. The lowest BCUT2D eigenvalue weighted by molar-refractivity contribution is 0.0681. The summed E-state index contributed by atoms with van der Waals surface area (Å²) in [6.45, 7) is 7.65. The zero-order valence-corrected chi connectivity index (χ0v) is 18.2. The molecule has 1 aromatic rings. The molecule has 2 bridgehead atoms. The van der Waals surface area contributed by atoms with Crippen molar-refractivity contribution in [1.82, 2.24) is 16.0 Å². The molecular formula is C24H40ClN3O. The summed E-state index contributed by atoms with van der Waals surface area (Å²) in [6.07, 6.45) is 9.18. The van der Waals surface area contributed by atoms with Gasteiger partial charge in [0.1, 0.15) is 0 Å². The quantitative estimate of drug-likeness (QED) is 0.483. The third-order valence-corrected chi connectivity index (χ3v) is 6.77. The highest BCUT2D eigenvalue weighted by Gasteiger charge is 2.39. The van der Waals surface area contributed by atoms with E-state index in [1.807, 2.05) is 18.2 Å². The Morgan fingerprint density at radius 1 is 1.21 bits per heavy atom. The fourth-order valence-electron chi connectivity index (χ4n) is 4.97. The average Bonchev–Trinajstić information content (AvgIpc) is 2.67. The highest BCUT2D eigenvalue weighted by molar-refractivity contribution is 6.33. The highest BCUT2D eigenvalue weighted by Crippen LogP contribution is 2.48. The molecule has 0 aromatic heterocycles. The number of halogens is 1. The van der Waals surface area contributed by atoms with E-state index in [0.29, 0.717) is 22.0 Å². The number of fused-ring (bicyclic) bond motifs is 2. The molecule has 0 saturated heterocycles. The topological polar surface area (TPSA) is 53.2 Å². The molecule has 2 aliphatic carbocycles. The maximum atomic E-state index is 12.8. The van der Waals surface area contributed by atoms with Gasteiger partial charge in [0.2, 0.25) is 0 Å². The van der Waals surface area contributed by atoms with Gasteiger partial charge in [-0.2, -0.15) is 0 Å². The van der Waals surface area contributed by atoms with E-state index < -0.39 is 0 Å². The van der Waals surface area contributed by atoms with Gasteiger partial charge >= 0.3 is 0 Å². The van der Waals surface area contributed by atoms with E-state index in [-0.39, 0.29) is 13.3 Å². The second kappa shape index (κ2) is 11.3. The van der Waals surface area contributed by atoms with E-state index in [1.165, 1.54) is 44.9 Å². The standard InChI is InChI=1S/C23H36ClN3O.CH4/c1-17(2)26-12-11-25-15-19-7-8-21(24)20(13-19)22(28)27-16-23-9-3-5-18(14-23)6-4-10-23;/h7-8,13,17-18,25-26H,3-6,9-12,14-16H2,1-2H3,(H,27,28);1H4. The largest absolute Gasteiger partial charge is 0.351 e. The minimum Gasteiger partial charge on any atom is -0.351 e. The van der Waals surface area contributed by atoms with Crippen LogP contribution in [-0.2, 0) is 6.54 Å². The number of hydrogen-bond donors (Lipinski definition) is 3. The first-order chi connectivity index (χ1) is 13.5. The van der Waals surface area contributed by atoms with E-state index >= 15 is 0 Å². The Hall–Kier alpha value is -1.10. The molecule has 164 valence electrons. The zero-order chi connectivity index (χ0) is 20.0. The van der Waals surface area contributed by atoms with Crippen molar-refractivity contribution in [2.24, 2.45) is 11.3 Å². The number of amides is 1. The van der Waals surface area contributed by atoms with Gasteiger partial charge in [0.05, 0.1) is 10.6 Å². The molecule has 1 aromatic carbocycles. The molecule has 0 atom stereocenters. The molecule has 2 aliphatic rings. The van der Waals surface area contributed by atoms with Crippen LogP contribution >= 0.6 is 11.6 Å². The van der Waals surface area contributed by atoms with E-state index in [4.69, 9.17) is 11.6 Å². The summed E-state index contributed by atoms with van der Waals surface area (Å²) in [6, 6.07) is 6.27. The first kappa shape index (κ1) is 24.2. The fraction of sp³-hybridized carbons (Fsp3) is 0.708. The monoisotopic (exact) mass is 421 g/mol. The fourth-order valence-corrected chi connectivity index (χ4v) is 5.18. The molecule has 0 spiro atoms. The Labute approximate surface area is 182 Å². The number of hydrogen-bond acceptors (Lipinski definition) is 3. The molecule has 3 rings (SSSR count). The molecule has 0 unspecified atom stereocenters. The van der Waals surface area contributed by atoms with Crippen LogP contribution in [0, 0.1) is 11.3 Å². The Morgan fingerprint density at radius 3 is 2.62 bits per heavy atom. The summed E-state index contributed by atoms with van der Waals surface area (Å²) in [5.41, 5.74) is 2.01. The Bertz CT molecular complexity index is 652. The predicted molar refractivity (Wildman–Crippen MR) is 124 cm³/mol. The number of carbonyl (C=O) groups is 1. The summed E-state index contributed by atoms with van der Waals surface area (Å²) in [4.78, 5) is 12.8. The van der Waals surface area contributed by atoms with Crippen molar-refractivity contribution in [3.8, 4) is 0 Å². The maximum absolute atomic E-state index is 12.8. The first-order valence-corrected chi connectivity index (χ1v) is 11.4. The maximum Gasteiger partial charge on any atom is 0.252 e. The molecule has 5 heteroatoms. The lowest BCUT2D eigenvalue weighted by Gasteiger charge is -2.45. The van der Waals surface area contributed by atoms with Gasteiger partial charge < -0.3 is 16.0 Å². The first-order valence-electron chi connectivity index (χ1n) is 11.0. The number of benzene rings is 1. The van der Waals surface area contributed by atoms with Gasteiger partial charge in [-0.15, -0.1) is 0 Å². The van der Waals surface area contributed by atoms with Crippen LogP contribution in [0.3, 0.4) is 0 Å². The molecule has 29 heavy (non-hydrogen) atoms. The van der Waals surface area contributed by atoms with Crippen LogP contribution < -0.4 is 16.0 Å². The smallest absolute Gasteiger partial charge is 0.252 e. The Morgan fingerprint density at radius 2 is 1.93 bits per heavy atom. The summed E-state index contributed by atoms with van der Waals surface area (Å²) in [5, 5.41) is 10.6. The lowest BCUT2D eigenvalue weighted by atomic mass is 9.62. The van der Waals surface area contributed by atoms with Crippen molar-refractivity contribution in [3.63, 3.8) is 0 Å². The van der Waals surface area contributed by atoms with Gasteiger partial charge in [0.15, 0.2) is 0 Å². The van der Waals surface area contributed by atoms with Crippen LogP contribution in [0.2, 0.25) is 5.02 Å². The van der Waals surface area contributed by atoms with Gasteiger partial charge in [-0.05, 0) is 48.3 Å². The molecule has 0 radical (unpaired) electrons. The van der Waals surface area contributed by atoms with E-state index in [9.17, 15) is 4.79 Å². The number of nitrogens with one attached hydrogen (secondary N) is 3. The Kier molecular flexibility index (Phi) is 9.45. The third kappa shape index (κ3) is 6.97. The van der Waals surface area contributed by atoms with Crippen LogP contribution in [0.5, 0.6) is 0 Å². The van der Waals surface area contributed by atoms with Crippen molar-refractivity contribution in [3.05, 3.63) is 34.3 Å². The van der Waals surface area contributed by atoms with Crippen molar-refractivity contribution >= 4 is 17.5 Å². The predicted octanol–water partition coefficient (Wildman–Crippen LogP) is 5.15. The Balaban J connectivity index is 0.00000300. The minimum absolute atomic E-state index is 0.